The number of carbonyl (C=O) groups is 1. The molecule has 0 aliphatic carbocycles. The first-order valence-electron chi connectivity index (χ1n) is 12.2. The lowest BCUT2D eigenvalue weighted by Crippen LogP contribution is -2.35. The number of ether oxygens (including phenoxy) is 1. The van der Waals surface area contributed by atoms with Gasteiger partial charge in [0.2, 0.25) is 0 Å². The molecule has 1 aliphatic rings. The molecule has 1 aromatic heterocycles. The fourth-order valence-corrected chi connectivity index (χ4v) is 7.28. The number of methoxy groups -OCH3 is 1. The Kier molecular flexibility index (Phi) is 7.02. The molecule has 1 amide bonds. The number of hydrogen-bond acceptors (Lipinski definition) is 5. The van der Waals surface area contributed by atoms with Crippen LogP contribution in [0.3, 0.4) is 0 Å². The summed E-state index contributed by atoms with van der Waals surface area (Å²) in [6, 6.07) is 17.9. The zero-order chi connectivity index (χ0) is 26.2. The van der Waals surface area contributed by atoms with Gasteiger partial charge < -0.3 is 9.30 Å². The number of rotatable bonds is 6. The molecule has 9 heteroatoms. The van der Waals surface area contributed by atoms with Crippen molar-refractivity contribution < 1.29 is 17.9 Å². The van der Waals surface area contributed by atoms with Crippen LogP contribution in [-0.2, 0) is 27.7 Å². The number of anilines is 1. The molecule has 0 spiro atoms. The van der Waals surface area contributed by atoms with Crippen molar-refractivity contribution in [2.75, 3.05) is 24.6 Å². The Labute approximate surface area is 220 Å². The highest BCUT2D eigenvalue weighted by atomic mass is 32.2. The zero-order valence-corrected chi connectivity index (χ0v) is 22.7. The van der Waals surface area contributed by atoms with Crippen LogP contribution in [0.2, 0.25) is 0 Å². The molecular weight excluding hydrogens is 506 g/mol. The lowest BCUT2D eigenvalue weighted by Gasteiger charge is -2.30. The Morgan fingerprint density at radius 2 is 1.78 bits per heavy atom. The van der Waals surface area contributed by atoms with Crippen LogP contribution in [0.25, 0.3) is 10.2 Å². The van der Waals surface area contributed by atoms with E-state index in [1.54, 1.807) is 7.11 Å². The van der Waals surface area contributed by atoms with E-state index >= 15 is 0 Å². The van der Waals surface area contributed by atoms with E-state index in [9.17, 15) is 13.2 Å². The standard InChI is InChI=1S/C28H29N3O4S2/c1-19-17-25-26(18-20(19)2)36-28(30(25)15-16-35-3)29-27(32)22-10-12-23(13-11-22)37(33,34)31-14-6-8-21-7-4-5-9-24(21)31/h4-5,7,9-13,17-18H,6,8,14-16H2,1-3H3. The van der Waals surface area contributed by atoms with E-state index in [0.717, 1.165) is 34.3 Å². The van der Waals surface area contributed by atoms with Gasteiger partial charge in [0, 0.05) is 25.8 Å². The smallest absolute Gasteiger partial charge is 0.279 e. The maximum atomic E-state index is 13.4. The van der Waals surface area contributed by atoms with Crippen LogP contribution >= 0.6 is 11.3 Å². The highest BCUT2D eigenvalue weighted by molar-refractivity contribution is 7.92. The second-order valence-corrected chi connectivity index (χ2v) is 12.1. The monoisotopic (exact) mass is 535 g/mol. The van der Waals surface area contributed by atoms with Crippen LogP contribution in [0.1, 0.15) is 33.5 Å². The topological polar surface area (TPSA) is 81.0 Å². The summed E-state index contributed by atoms with van der Waals surface area (Å²) in [6.45, 7) is 5.62. The summed E-state index contributed by atoms with van der Waals surface area (Å²) in [7, 11) is -2.10. The number of nitrogens with zero attached hydrogens (tertiary/aromatic N) is 3. The molecule has 0 unspecified atom stereocenters. The third-order valence-electron chi connectivity index (χ3n) is 6.77. The molecular formula is C28H29N3O4S2. The van der Waals surface area contributed by atoms with Gasteiger partial charge in [-0.15, -0.1) is 0 Å². The predicted molar refractivity (Wildman–Crippen MR) is 147 cm³/mol. The normalized spacial score (nSPS) is 14.2. The summed E-state index contributed by atoms with van der Waals surface area (Å²) in [6.07, 6.45) is 1.63. The van der Waals surface area contributed by atoms with E-state index in [1.165, 1.54) is 51.0 Å². The highest BCUT2D eigenvalue weighted by Gasteiger charge is 2.29. The Morgan fingerprint density at radius 3 is 2.54 bits per heavy atom. The lowest BCUT2D eigenvalue weighted by atomic mass is 10.0. The Morgan fingerprint density at radius 1 is 1.05 bits per heavy atom. The van der Waals surface area contributed by atoms with Gasteiger partial charge in [-0.25, -0.2) is 8.42 Å². The fourth-order valence-electron chi connectivity index (χ4n) is 4.60. The van der Waals surface area contributed by atoms with Crippen molar-refractivity contribution in [1.29, 1.82) is 0 Å². The molecule has 0 saturated carbocycles. The molecule has 5 rings (SSSR count). The second kappa shape index (κ2) is 10.2. The van der Waals surface area contributed by atoms with Crippen molar-refractivity contribution >= 4 is 43.2 Å². The first-order valence-corrected chi connectivity index (χ1v) is 14.4. The Bertz CT molecular complexity index is 1650. The van der Waals surface area contributed by atoms with Gasteiger partial charge >= 0.3 is 0 Å². The Hall–Kier alpha value is -3.27. The van der Waals surface area contributed by atoms with E-state index in [2.05, 4.69) is 31.0 Å². The molecule has 0 saturated heterocycles. The number of carbonyl (C=O) groups excluding carboxylic acids is 1. The molecule has 37 heavy (non-hydrogen) atoms. The van der Waals surface area contributed by atoms with E-state index in [1.807, 2.05) is 28.8 Å². The maximum absolute atomic E-state index is 13.4. The number of sulfonamides is 1. The molecule has 0 atom stereocenters. The highest BCUT2D eigenvalue weighted by Crippen LogP contribution is 2.32. The number of benzene rings is 3. The van der Waals surface area contributed by atoms with Crippen LogP contribution in [0.5, 0.6) is 0 Å². The molecule has 0 fully saturated rings. The number of fused-ring (bicyclic) bond motifs is 2. The summed E-state index contributed by atoms with van der Waals surface area (Å²) < 4.78 is 36.6. The van der Waals surface area contributed by atoms with E-state index in [4.69, 9.17) is 4.74 Å². The van der Waals surface area contributed by atoms with Gasteiger partial charge in [0.1, 0.15) is 0 Å². The maximum Gasteiger partial charge on any atom is 0.279 e. The lowest BCUT2D eigenvalue weighted by molar-refractivity contribution is 0.0997. The van der Waals surface area contributed by atoms with Gasteiger partial charge in [-0.1, -0.05) is 29.5 Å². The van der Waals surface area contributed by atoms with Crippen molar-refractivity contribution in [3.05, 3.63) is 87.7 Å². The molecule has 7 nitrogen and oxygen atoms in total. The molecule has 0 radical (unpaired) electrons. The van der Waals surface area contributed by atoms with Gasteiger partial charge in [-0.3, -0.25) is 9.10 Å². The van der Waals surface area contributed by atoms with Crippen LogP contribution in [0, 0.1) is 13.8 Å². The van der Waals surface area contributed by atoms with Crippen molar-refractivity contribution in [1.82, 2.24) is 4.57 Å². The second-order valence-electron chi connectivity index (χ2n) is 9.18. The summed E-state index contributed by atoms with van der Waals surface area (Å²) in [5.41, 5.74) is 5.44. The molecule has 0 bridgehead atoms. The predicted octanol–water partition coefficient (Wildman–Crippen LogP) is 4.85. The zero-order valence-electron chi connectivity index (χ0n) is 21.1. The minimum atomic E-state index is -3.74. The third-order valence-corrected chi connectivity index (χ3v) is 9.64. The van der Waals surface area contributed by atoms with Gasteiger partial charge in [0.05, 0.1) is 27.4 Å². The number of amides is 1. The molecule has 3 aromatic carbocycles. The van der Waals surface area contributed by atoms with Crippen molar-refractivity contribution in [2.45, 2.75) is 38.1 Å². The summed E-state index contributed by atoms with van der Waals surface area (Å²) >= 11 is 1.46. The van der Waals surface area contributed by atoms with Crippen molar-refractivity contribution in [3.8, 4) is 0 Å². The molecule has 192 valence electrons. The van der Waals surface area contributed by atoms with Crippen molar-refractivity contribution in [2.24, 2.45) is 4.99 Å². The molecule has 1 aliphatic heterocycles. The van der Waals surface area contributed by atoms with Gasteiger partial charge in [-0.05, 0) is 85.8 Å². The van der Waals surface area contributed by atoms with E-state index < -0.39 is 15.9 Å². The SMILES string of the molecule is COCCn1c(=NC(=O)c2ccc(S(=O)(=O)N3CCCc4ccccc43)cc2)sc2cc(C)c(C)cc21. The summed E-state index contributed by atoms with van der Waals surface area (Å²) in [4.78, 5) is 18.3. The number of thiazole rings is 1. The number of hydrogen-bond donors (Lipinski definition) is 0. The Balaban J connectivity index is 1.47. The average Bonchev–Trinajstić information content (AvgIpc) is 3.22. The number of aromatic nitrogens is 1. The first kappa shape index (κ1) is 25.4. The molecule has 4 aromatic rings. The molecule has 2 heterocycles. The van der Waals surface area contributed by atoms with Crippen LogP contribution in [-0.4, -0.2) is 39.2 Å². The number of aryl methyl sites for hydroxylation is 3. The quantitative estimate of drug-likeness (QED) is 0.354. The van der Waals surface area contributed by atoms with Gasteiger partial charge in [-0.2, -0.15) is 4.99 Å². The summed E-state index contributed by atoms with van der Waals surface area (Å²) in [5, 5.41) is 0. The fraction of sp³-hybridized carbons (Fsp3) is 0.286. The summed E-state index contributed by atoms with van der Waals surface area (Å²) in [5.74, 6) is -0.418. The minimum absolute atomic E-state index is 0.156. The first-order chi connectivity index (χ1) is 17.8. The van der Waals surface area contributed by atoms with E-state index in [0.29, 0.717) is 30.1 Å². The number of para-hydroxylation sites is 1. The molecule has 0 N–H and O–H groups in total. The average molecular weight is 536 g/mol. The van der Waals surface area contributed by atoms with E-state index in [-0.39, 0.29) is 4.90 Å². The minimum Gasteiger partial charge on any atom is -0.383 e. The van der Waals surface area contributed by atoms with Crippen molar-refractivity contribution in [3.63, 3.8) is 0 Å². The largest absolute Gasteiger partial charge is 0.383 e. The third kappa shape index (κ3) is 4.86. The van der Waals surface area contributed by atoms with Crippen LogP contribution in [0.4, 0.5) is 5.69 Å². The van der Waals surface area contributed by atoms with Gasteiger partial charge in [0.25, 0.3) is 15.9 Å². The van der Waals surface area contributed by atoms with Gasteiger partial charge in [0.15, 0.2) is 4.80 Å². The van der Waals surface area contributed by atoms with Crippen LogP contribution < -0.4 is 9.11 Å². The van der Waals surface area contributed by atoms with Crippen LogP contribution in [0.15, 0.2) is 70.6 Å².